The second-order valence-electron chi connectivity index (χ2n) is 2.65. The highest BCUT2D eigenvalue weighted by Crippen LogP contribution is 1.96. The molecule has 6 nitrogen and oxygen atoms in total. The van der Waals surface area contributed by atoms with Gasteiger partial charge in [0.25, 0.3) is 0 Å². The number of H-pyrrole nitrogens is 1. The van der Waals surface area contributed by atoms with Crippen LogP contribution in [0, 0.1) is 0 Å². The topological polar surface area (TPSA) is 96.5 Å². The molecule has 1 aromatic heterocycles. The monoisotopic (exact) mass is 211 g/mol. The van der Waals surface area contributed by atoms with Crippen molar-refractivity contribution in [2.75, 3.05) is 6.61 Å². The predicted molar refractivity (Wildman–Crippen MR) is 50.0 cm³/mol. The molecule has 0 fully saturated rings. The van der Waals surface area contributed by atoms with Gasteiger partial charge in [0.05, 0.1) is 6.61 Å². The largest absolute Gasteiger partial charge is 0.477 e. The standard InChI is InChI=1S/C9H9NO5/c1-2-15-9(14)6-3-7(11)5(4-10-6)8(12)13/h3-4H,2H2,1H3,(H,10,11)(H,12,13). The van der Waals surface area contributed by atoms with Crippen LogP contribution in [0.15, 0.2) is 17.1 Å². The number of aromatic carboxylic acids is 1. The van der Waals surface area contributed by atoms with E-state index in [1.165, 1.54) is 0 Å². The van der Waals surface area contributed by atoms with Gasteiger partial charge in [-0.1, -0.05) is 0 Å². The van der Waals surface area contributed by atoms with Crippen LogP contribution >= 0.6 is 0 Å². The molecule has 6 heteroatoms. The summed E-state index contributed by atoms with van der Waals surface area (Å²) in [6.07, 6.45) is 0.969. The Balaban J connectivity index is 3.07. The van der Waals surface area contributed by atoms with Crippen LogP contribution in [0.1, 0.15) is 27.8 Å². The summed E-state index contributed by atoms with van der Waals surface area (Å²) in [6, 6.07) is 0.904. The zero-order chi connectivity index (χ0) is 11.4. The molecule has 0 aromatic carbocycles. The number of aromatic amines is 1. The number of ether oxygens (including phenoxy) is 1. The molecule has 2 N–H and O–H groups in total. The third kappa shape index (κ3) is 2.43. The normalized spacial score (nSPS) is 9.67. The molecule has 0 saturated carbocycles. The average Bonchev–Trinajstić information content (AvgIpc) is 2.17. The fourth-order valence-corrected chi connectivity index (χ4v) is 0.965. The van der Waals surface area contributed by atoms with Gasteiger partial charge in [0, 0.05) is 12.3 Å². The van der Waals surface area contributed by atoms with Crippen LogP contribution in [-0.4, -0.2) is 28.6 Å². The van der Waals surface area contributed by atoms with Crippen molar-refractivity contribution in [3.05, 3.63) is 33.7 Å². The molecular weight excluding hydrogens is 202 g/mol. The van der Waals surface area contributed by atoms with Crippen molar-refractivity contribution in [1.29, 1.82) is 0 Å². The zero-order valence-electron chi connectivity index (χ0n) is 7.94. The van der Waals surface area contributed by atoms with Gasteiger partial charge in [-0.15, -0.1) is 0 Å². The van der Waals surface area contributed by atoms with E-state index in [9.17, 15) is 14.4 Å². The second kappa shape index (κ2) is 4.41. The Morgan fingerprint density at radius 2 is 2.20 bits per heavy atom. The number of aromatic nitrogens is 1. The number of pyridine rings is 1. The fraction of sp³-hybridized carbons (Fsp3) is 0.222. The van der Waals surface area contributed by atoms with E-state index in [-0.39, 0.29) is 12.3 Å². The first-order chi connectivity index (χ1) is 7.06. The smallest absolute Gasteiger partial charge is 0.354 e. The molecule has 0 spiro atoms. The SMILES string of the molecule is CCOC(=O)c1cc(=O)c(C(=O)O)c[nH]1. The number of carbonyl (C=O) groups excluding carboxylic acids is 1. The molecule has 0 aliphatic heterocycles. The van der Waals surface area contributed by atoms with Gasteiger partial charge in [-0.05, 0) is 6.92 Å². The van der Waals surface area contributed by atoms with Gasteiger partial charge in [0.15, 0.2) is 5.43 Å². The van der Waals surface area contributed by atoms with E-state index in [4.69, 9.17) is 5.11 Å². The molecule has 0 bridgehead atoms. The molecule has 1 heterocycles. The third-order valence-electron chi connectivity index (χ3n) is 1.64. The van der Waals surface area contributed by atoms with Crippen LogP contribution in [0.2, 0.25) is 0 Å². The highest BCUT2D eigenvalue weighted by Gasteiger charge is 2.12. The van der Waals surface area contributed by atoms with Crippen molar-refractivity contribution in [3.8, 4) is 0 Å². The van der Waals surface area contributed by atoms with Gasteiger partial charge in [0.1, 0.15) is 11.3 Å². The number of esters is 1. The second-order valence-corrected chi connectivity index (χ2v) is 2.65. The van der Waals surface area contributed by atoms with Crippen molar-refractivity contribution >= 4 is 11.9 Å². The first kappa shape index (κ1) is 11.0. The van der Waals surface area contributed by atoms with Crippen LogP contribution in [-0.2, 0) is 4.74 Å². The zero-order valence-corrected chi connectivity index (χ0v) is 7.94. The predicted octanol–water partition coefficient (Wildman–Crippen LogP) is 0.250. The number of hydrogen-bond donors (Lipinski definition) is 2. The van der Waals surface area contributed by atoms with Crippen LogP contribution in [0.3, 0.4) is 0 Å². The molecule has 0 aliphatic carbocycles. The van der Waals surface area contributed by atoms with E-state index < -0.39 is 22.9 Å². The van der Waals surface area contributed by atoms with Crippen molar-refractivity contribution in [2.45, 2.75) is 6.92 Å². The summed E-state index contributed by atoms with van der Waals surface area (Å²) in [5.41, 5.74) is -1.21. The molecule has 15 heavy (non-hydrogen) atoms. The molecule has 1 rings (SSSR count). The van der Waals surface area contributed by atoms with Gasteiger partial charge in [-0.2, -0.15) is 0 Å². The quantitative estimate of drug-likeness (QED) is 0.698. The fourth-order valence-electron chi connectivity index (χ4n) is 0.965. The number of carboxylic acids is 1. The molecule has 0 radical (unpaired) electrons. The van der Waals surface area contributed by atoms with Gasteiger partial charge < -0.3 is 14.8 Å². The lowest BCUT2D eigenvalue weighted by Crippen LogP contribution is -2.18. The third-order valence-corrected chi connectivity index (χ3v) is 1.64. The highest BCUT2D eigenvalue weighted by molar-refractivity contribution is 5.90. The first-order valence-electron chi connectivity index (χ1n) is 4.19. The highest BCUT2D eigenvalue weighted by atomic mass is 16.5. The van der Waals surface area contributed by atoms with Gasteiger partial charge in [-0.25, -0.2) is 9.59 Å². The Morgan fingerprint density at radius 3 is 2.67 bits per heavy atom. The maximum Gasteiger partial charge on any atom is 0.354 e. The Labute approximate surface area is 84.5 Å². The van der Waals surface area contributed by atoms with E-state index in [0.29, 0.717) is 0 Å². The summed E-state index contributed by atoms with van der Waals surface area (Å²) < 4.78 is 4.63. The molecule has 1 aromatic rings. The lowest BCUT2D eigenvalue weighted by Gasteiger charge is -2.01. The number of hydrogen-bond acceptors (Lipinski definition) is 4. The van der Waals surface area contributed by atoms with E-state index in [1.807, 2.05) is 0 Å². The summed E-state index contributed by atoms with van der Waals surface area (Å²) in [5, 5.41) is 8.56. The van der Waals surface area contributed by atoms with Gasteiger partial charge in [0.2, 0.25) is 0 Å². The molecule has 0 unspecified atom stereocenters. The molecule has 80 valence electrons. The number of carboxylic acid groups (broad SMARTS) is 1. The minimum atomic E-state index is -1.34. The lowest BCUT2D eigenvalue weighted by molar-refractivity contribution is 0.0517. The van der Waals surface area contributed by atoms with Crippen molar-refractivity contribution in [3.63, 3.8) is 0 Å². The van der Waals surface area contributed by atoms with Crippen molar-refractivity contribution in [1.82, 2.24) is 4.98 Å². The lowest BCUT2D eigenvalue weighted by atomic mass is 10.2. The number of nitrogens with one attached hydrogen (secondary N) is 1. The van der Waals surface area contributed by atoms with E-state index >= 15 is 0 Å². The van der Waals surface area contributed by atoms with Crippen molar-refractivity contribution < 1.29 is 19.4 Å². The summed E-state index contributed by atoms with van der Waals surface area (Å²) in [5.74, 6) is -2.03. The Kier molecular flexibility index (Phi) is 3.22. The van der Waals surface area contributed by atoms with Crippen LogP contribution in [0.25, 0.3) is 0 Å². The van der Waals surface area contributed by atoms with Crippen LogP contribution in [0.5, 0.6) is 0 Å². The summed E-state index contributed by atoms with van der Waals surface area (Å²) >= 11 is 0. The van der Waals surface area contributed by atoms with E-state index in [2.05, 4.69) is 9.72 Å². The Morgan fingerprint density at radius 1 is 1.53 bits per heavy atom. The maximum atomic E-state index is 11.2. The van der Waals surface area contributed by atoms with E-state index in [1.54, 1.807) is 6.92 Å². The summed E-state index contributed by atoms with van der Waals surface area (Å²) in [7, 11) is 0. The van der Waals surface area contributed by atoms with Crippen molar-refractivity contribution in [2.24, 2.45) is 0 Å². The molecule has 0 amide bonds. The molecule has 0 atom stereocenters. The van der Waals surface area contributed by atoms with Gasteiger partial charge in [-0.3, -0.25) is 4.79 Å². The van der Waals surface area contributed by atoms with E-state index in [0.717, 1.165) is 12.3 Å². The summed E-state index contributed by atoms with van der Waals surface area (Å²) in [4.78, 5) is 35.2. The number of rotatable bonds is 3. The average molecular weight is 211 g/mol. The summed E-state index contributed by atoms with van der Waals surface area (Å²) in [6.45, 7) is 1.81. The Bertz CT molecular complexity index is 448. The minimum absolute atomic E-state index is 0.0631. The van der Waals surface area contributed by atoms with Gasteiger partial charge >= 0.3 is 11.9 Å². The molecular formula is C9H9NO5. The minimum Gasteiger partial charge on any atom is -0.477 e. The Hall–Kier alpha value is -2.11. The van der Waals surface area contributed by atoms with Crippen LogP contribution < -0.4 is 5.43 Å². The molecule has 0 aliphatic rings. The van der Waals surface area contributed by atoms with Crippen LogP contribution in [0.4, 0.5) is 0 Å². The molecule has 0 saturated heterocycles. The maximum absolute atomic E-state index is 11.2. The number of carbonyl (C=O) groups is 2. The first-order valence-corrected chi connectivity index (χ1v) is 4.19.